The van der Waals surface area contributed by atoms with Gasteiger partial charge >= 0.3 is 0 Å². The van der Waals surface area contributed by atoms with Crippen molar-refractivity contribution < 1.29 is 18.6 Å². The maximum absolute atomic E-state index is 11.6. The summed E-state index contributed by atoms with van der Waals surface area (Å²) in [6.45, 7) is 5.21. The zero-order chi connectivity index (χ0) is 13.9. The van der Waals surface area contributed by atoms with Crippen molar-refractivity contribution >= 4 is 10.2 Å². The lowest BCUT2D eigenvalue weighted by atomic mass is 9.86. The topological polar surface area (TPSA) is 89.9 Å². The molecule has 0 radical (unpaired) electrons. The average molecular weight is 268 g/mol. The zero-order valence-electron chi connectivity index (χ0n) is 11.1. The fraction of sp³-hybridized carbons (Fsp3) is 1.00. The van der Waals surface area contributed by atoms with Crippen molar-refractivity contribution in [2.24, 2.45) is 5.41 Å². The van der Waals surface area contributed by atoms with Crippen molar-refractivity contribution in [1.29, 1.82) is 0 Å². The molecule has 6 nitrogen and oxygen atoms in total. The van der Waals surface area contributed by atoms with Gasteiger partial charge in [0.2, 0.25) is 0 Å². The molecule has 0 heterocycles. The molecule has 2 atom stereocenters. The van der Waals surface area contributed by atoms with Crippen LogP contribution in [0, 0.1) is 5.41 Å². The second-order valence-electron chi connectivity index (χ2n) is 5.40. The van der Waals surface area contributed by atoms with Crippen LogP contribution in [0.4, 0.5) is 0 Å². The van der Waals surface area contributed by atoms with Crippen molar-refractivity contribution in [3.63, 3.8) is 0 Å². The van der Waals surface area contributed by atoms with Crippen LogP contribution in [0.1, 0.15) is 27.2 Å². The van der Waals surface area contributed by atoms with Crippen molar-refractivity contribution in [2.75, 3.05) is 20.7 Å². The van der Waals surface area contributed by atoms with E-state index in [0.29, 0.717) is 0 Å². The van der Waals surface area contributed by atoms with E-state index in [1.165, 1.54) is 14.1 Å². The van der Waals surface area contributed by atoms with E-state index in [0.717, 1.165) is 4.31 Å². The van der Waals surface area contributed by atoms with Crippen LogP contribution in [0.3, 0.4) is 0 Å². The van der Waals surface area contributed by atoms with Crippen molar-refractivity contribution in [1.82, 2.24) is 9.03 Å². The summed E-state index contributed by atoms with van der Waals surface area (Å²) in [4.78, 5) is 0. The third-order valence-corrected chi connectivity index (χ3v) is 4.12. The highest BCUT2D eigenvalue weighted by Gasteiger charge is 2.27. The Bertz CT molecular complexity index is 322. The molecule has 0 unspecified atom stereocenters. The van der Waals surface area contributed by atoms with Gasteiger partial charge in [-0.2, -0.15) is 17.4 Å². The van der Waals surface area contributed by atoms with Crippen LogP contribution in [0.25, 0.3) is 0 Å². The Balaban J connectivity index is 4.57. The van der Waals surface area contributed by atoms with Crippen LogP contribution in [-0.2, 0) is 10.2 Å². The number of nitrogens with one attached hydrogen (secondary N) is 1. The van der Waals surface area contributed by atoms with Gasteiger partial charge in [0.25, 0.3) is 10.2 Å². The van der Waals surface area contributed by atoms with Crippen LogP contribution in [0.2, 0.25) is 0 Å². The lowest BCUT2D eigenvalue weighted by Crippen LogP contribution is -2.46. The molecule has 17 heavy (non-hydrogen) atoms. The molecule has 0 saturated carbocycles. The summed E-state index contributed by atoms with van der Waals surface area (Å²) in [5, 5.41) is 19.0. The number of aliphatic hydroxyl groups excluding tert-OH is 2. The number of nitrogens with zero attached hydrogens (tertiary/aromatic N) is 1. The summed E-state index contributed by atoms with van der Waals surface area (Å²) >= 11 is 0. The molecule has 7 heteroatoms. The smallest absolute Gasteiger partial charge is 0.279 e. The molecular formula is C10H24N2O4S. The van der Waals surface area contributed by atoms with Gasteiger partial charge in [0.05, 0.1) is 12.7 Å². The van der Waals surface area contributed by atoms with Crippen LogP contribution in [0.5, 0.6) is 0 Å². The van der Waals surface area contributed by atoms with Gasteiger partial charge in [-0.3, -0.25) is 0 Å². The van der Waals surface area contributed by atoms with Crippen LogP contribution < -0.4 is 4.72 Å². The Morgan fingerprint density at radius 2 is 1.76 bits per heavy atom. The second kappa shape index (κ2) is 6.10. The van der Waals surface area contributed by atoms with E-state index >= 15 is 0 Å². The van der Waals surface area contributed by atoms with Gasteiger partial charge in [0, 0.05) is 20.1 Å². The first-order valence-corrected chi connectivity index (χ1v) is 6.93. The van der Waals surface area contributed by atoms with Crippen LogP contribution in [0.15, 0.2) is 0 Å². The van der Waals surface area contributed by atoms with Crippen molar-refractivity contribution in [3.8, 4) is 0 Å². The molecular weight excluding hydrogens is 244 g/mol. The van der Waals surface area contributed by atoms with Crippen LogP contribution in [-0.4, -0.2) is 55.8 Å². The summed E-state index contributed by atoms with van der Waals surface area (Å²) in [6.07, 6.45) is -0.517. The predicted octanol–water partition coefficient (Wildman–Crippen LogP) is -0.460. The molecule has 0 fully saturated rings. The highest BCUT2D eigenvalue weighted by Crippen LogP contribution is 2.22. The zero-order valence-corrected chi connectivity index (χ0v) is 12.0. The number of hydrogen-bond donors (Lipinski definition) is 3. The third-order valence-electron chi connectivity index (χ3n) is 2.52. The summed E-state index contributed by atoms with van der Waals surface area (Å²) in [7, 11) is -0.789. The van der Waals surface area contributed by atoms with E-state index in [2.05, 4.69) is 4.72 Å². The first-order valence-electron chi connectivity index (χ1n) is 5.49. The highest BCUT2D eigenvalue weighted by molar-refractivity contribution is 7.87. The molecule has 0 aromatic heterocycles. The minimum atomic E-state index is -3.59. The van der Waals surface area contributed by atoms with Gasteiger partial charge in [0.1, 0.15) is 0 Å². The van der Waals surface area contributed by atoms with Gasteiger partial charge in [-0.25, -0.2) is 0 Å². The second-order valence-corrected chi connectivity index (χ2v) is 7.32. The summed E-state index contributed by atoms with van der Waals surface area (Å²) in [6, 6.07) is -0.684. The molecule has 0 aliphatic heterocycles. The monoisotopic (exact) mass is 268 g/mol. The lowest BCUT2D eigenvalue weighted by Gasteiger charge is -2.29. The fourth-order valence-electron chi connectivity index (χ4n) is 1.10. The molecule has 0 aromatic rings. The molecule has 0 bridgehead atoms. The maximum atomic E-state index is 11.6. The first kappa shape index (κ1) is 16.8. The minimum absolute atomic E-state index is 0.174. The van der Waals surface area contributed by atoms with Crippen molar-refractivity contribution in [3.05, 3.63) is 0 Å². The quantitative estimate of drug-likeness (QED) is 0.608. The summed E-state index contributed by atoms with van der Waals surface area (Å²) < 4.78 is 26.5. The average Bonchev–Trinajstić information content (AvgIpc) is 2.14. The molecule has 0 rings (SSSR count). The predicted molar refractivity (Wildman–Crippen MR) is 66.7 cm³/mol. The van der Waals surface area contributed by atoms with Gasteiger partial charge < -0.3 is 10.2 Å². The van der Waals surface area contributed by atoms with Gasteiger partial charge in [-0.15, -0.1) is 0 Å². The summed E-state index contributed by atoms with van der Waals surface area (Å²) in [5.41, 5.74) is -0.350. The lowest BCUT2D eigenvalue weighted by molar-refractivity contribution is 0.0419. The van der Waals surface area contributed by atoms with Gasteiger partial charge in [0.15, 0.2) is 0 Å². The van der Waals surface area contributed by atoms with E-state index < -0.39 is 22.4 Å². The molecule has 3 N–H and O–H groups in total. The van der Waals surface area contributed by atoms with Crippen molar-refractivity contribution in [2.45, 2.75) is 39.3 Å². The Morgan fingerprint density at radius 1 is 1.29 bits per heavy atom. The number of hydrogen-bond acceptors (Lipinski definition) is 4. The van der Waals surface area contributed by atoms with E-state index in [1.807, 2.05) is 20.8 Å². The van der Waals surface area contributed by atoms with Crippen LogP contribution >= 0.6 is 0 Å². The Kier molecular flexibility index (Phi) is 6.03. The van der Waals surface area contributed by atoms with E-state index in [4.69, 9.17) is 5.11 Å². The van der Waals surface area contributed by atoms with E-state index in [9.17, 15) is 13.5 Å². The number of aliphatic hydroxyl groups is 2. The van der Waals surface area contributed by atoms with E-state index in [1.54, 1.807) is 0 Å². The highest BCUT2D eigenvalue weighted by atomic mass is 32.2. The normalized spacial score (nSPS) is 17.2. The Hall–Kier alpha value is -0.210. The minimum Gasteiger partial charge on any atom is -0.395 e. The molecule has 0 aromatic carbocycles. The van der Waals surface area contributed by atoms with Gasteiger partial charge in [-0.1, -0.05) is 20.8 Å². The standard InChI is InChI=1S/C10H24N2O4S/c1-10(2,3)9(14)6-8(7-13)11-17(15,16)12(4)5/h8-9,11,13-14H,6-7H2,1-5H3/t8-,9-/m0/s1. The molecule has 104 valence electrons. The largest absolute Gasteiger partial charge is 0.395 e. The fourth-order valence-corrected chi connectivity index (χ4v) is 1.90. The Morgan fingerprint density at radius 3 is 2.06 bits per heavy atom. The molecule has 0 aliphatic carbocycles. The molecule has 0 spiro atoms. The van der Waals surface area contributed by atoms with Gasteiger partial charge in [-0.05, 0) is 11.8 Å². The maximum Gasteiger partial charge on any atom is 0.279 e. The summed E-state index contributed by atoms with van der Waals surface area (Å²) in [5.74, 6) is 0. The molecule has 0 amide bonds. The molecule has 0 saturated heterocycles. The first-order chi connectivity index (χ1) is 7.50. The Labute approximate surface area is 104 Å². The number of rotatable bonds is 6. The SMILES string of the molecule is CN(C)S(=O)(=O)N[C@H](CO)C[C@H](O)C(C)(C)C. The van der Waals surface area contributed by atoms with E-state index in [-0.39, 0.29) is 18.4 Å². The molecule has 0 aliphatic rings. The third kappa shape index (κ3) is 5.78.